The van der Waals surface area contributed by atoms with Crippen molar-refractivity contribution >= 4 is 0 Å². The van der Waals surface area contributed by atoms with Crippen LogP contribution in [-0.2, 0) is 6.42 Å². The summed E-state index contributed by atoms with van der Waals surface area (Å²) in [7, 11) is 0. The zero-order chi connectivity index (χ0) is 14.4. The molecule has 2 aromatic carbocycles. The van der Waals surface area contributed by atoms with Gasteiger partial charge in [-0.3, -0.25) is 0 Å². The molecule has 0 atom stereocenters. The summed E-state index contributed by atoms with van der Waals surface area (Å²) < 4.78 is 19.1. The van der Waals surface area contributed by atoms with E-state index in [-0.39, 0.29) is 5.82 Å². The minimum Gasteiger partial charge on any atom is -0.490 e. The molecule has 0 aromatic heterocycles. The van der Waals surface area contributed by atoms with Gasteiger partial charge in [-0.2, -0.15) is 0 Å². The number of ether oxygens (including phenoxy) is 1. The van der Waals surface area contributed by atoms with Crippen LogP contribution in [0.5, 0.6) is 5.75 Å². The van der Waals surface area contributed by atoms with E-state index in [1.165, 1.54) is 6.07 Å². The van der Waals surface area contributed by atoms with E-state index >= 15 is 0 Å². The maximum absolute atomic E-state index is 13.6. The molecule has 0 spiro atoms. The quantitative estimate of drug-likeness (QED) is 0.683. The van der Waals surface area contributed by atoms with Gasteiger partial charge in [0.05, 0.1) is 0 Å². The first-order valence-corrected chi connectivity index (χ1v) is 6.66. The minimum atomic E-state index is -0.164. The molecule has 0 saturated carbocycles. The number of aryl methyl sites for hydroxylation is 1. The normalized spacial score (nSPS) is 10.3. The molecule has 20 heavy (non-hydrogen) atoms. The van der Waals surface area contributed by atoms with Gasteiger partial charge in [-0.1, -0.05) is 37.8 Å². The predicted octanol–water partition coefficient (Wildman–Crippen LogP) is 4.82. The molecule has 2 rings (SSSR count). The Balaban J connectivity index is 2.22. The second kappa shape index (κ2) is 6.90. The van der Waals surface area contributed by atoms with Crippen LogP contribution in [0.1, 0.15) is 12.0 Å². The summed E-state index contributed by atoms with van der Waals surface area (Å²) in [5, 5.41) is 0. The molecule has 0 saturated heterocycles. The average Bonchev–Trinajstić information content (AvgIpc) is 2.48. The molecule has 0 heterocycles. The highest BCUT2D eigenvalue weighted by molar-refractivity contribution is 5.65. The molecule has 1 radical (unpaired) electrons. The van der Waals surface area contributed by atoms with E-state index in [4.69, 9.17) is 4.74 Å². The van der Waals surface area contributed by atoms with Crippen LogP contribution < -0.4 is 4.74 Å². The fraction of sp³-hybridized carbons (Fsp3) is 0.167. The highest BCUT2D eigenvalue weighted by Gasteiger charge is 2.05. The summed E-state index contributed by atoms with van der Waals surface area (Å²) in [6.45, 7) is 7.87. The van der Waals surface area contributed by atoms with Crippen molar-refractivity contribution < 1.29 is 9.13 Å². The summed E-state index contributed by atoms with van der Waals surface area (Å²) in [5.74, 6) is 0.636. The molecule has 0 unspecified atom stereocenters. The molecule has 0 N–H and O–H groups in total. The van der Waals surface area contributed by atoms with Crippen molar-refractivity contribution in [3.05, 3.63) is 73.4 Å². The van der Waals surface area contributed by atoms with E-state index in [0.29, 0.717) is 25.0 Å². The lowest BCUT2D eigenvalue weighted by Crippen LogP contribution is -1.93. The van der Waals surface area contributed by atoms with Crippen LogP contribution in [0.15, 0.2) is 55.1 Å². The van der Waals surface area contributed by atoms with Crippen LogP contribution >= 0.6 is 0 Å². The van der Waals surface area contributed by atoms with Gasteiger partial charge >= 0.3 is 0 Å². The Hall–Kier alpha value is -2.09. The third-order valence-electron chi connectivity index (χ3n) is 3.05. The molecular weight excluding hydrogens is 251 g/mol. The monoisotopic (exact) mass is 269 g/mol. The standard InChI is InChI=1S/C18H18FO/c1-3-5-16-13-15(8-11-18(16)19)14-6-9-17(10-7-14)20-12-4-2/h4,6-11,13H,1-3,5,12H2. The van der Waals surface area contributed by atoms with Gasteiger partial charge in [0, 0.05) is 0 Å². The van der Waals surface area contributed by atoms with E-state index in [0.717, 1.165) is 16.9 Å². The van der Waals surface area contributed by atoms with Gasteiger partial charge in [0.1, 0.15) is 18.2 Å². The molecule has 0 aliphatic heterocycles. The number of rotatable bonds is 6. The zero-order valence-electron chi connectivity index (χ0n) is 11.4. The van der Waals surface area contributed by atoms with Crippen LogP contribution in [0, 0.1) is 12.7 Å². The lowest BCUT2D eigenvalue weighted by Gasteiger charge is -2.08. The number of benzene rings is 2. The van der Waals surface area contributed by atoms with Crippen LogP contribution in [-0.4, -0.2) is 6.61 Å². The van der Waals surface area contributed by atoms with Crippen molar-refractivity contribution in [2.24, 2.45) is 0 Å². The van der Waals surface area contributed by atoms with Crippen LogP contribution in [0.3, 0.4) is 0 Å². The Kier molecular flexibility index (Phi) is 4.94. The first-order valence-electron chi connectivity index (χ1n) is 6.66. The molecule has 1 nitrogen and oxygen atoms in total. The van der Waals surface area contributed by atoms with Gasteiger partial charge in [0.2, 0.25) is 0 Å². The number of hydrogen-bond acceptors (Lipinski definition) is 1. The maximum Gasteiger partial charge on any atom is 0.126 e. The summed E-state index contributed by atoms with van der Waals surface area (Å²) in [4.78, 5) is 0. The Bertz CT molecular complexity index is 572. The van der Waals surface area contributed by atoms with E-state index in [1.54, 1.807) is 12.1 Å². The Morgan fingerprint density at radius 2 is 1.75 bits per heavy atom. The van der Waals surface area contributed by atoms with Crippen molar-refractivity contribution in [3.63, 3.8) is 0 Å². The predicted molar refractivity (Wildman–Crippen MR) is 81.2 cm³/mol. The van der Waals surface area contributed by atoms with Crippen molar-refractivity contribution in [2.75, 3.05) is 6.61 Å². The van der Waals surface area contributed by atoms with E-state index in [2.05, 4.69) is 13.5 Å². The number of hydrogen-bond donors (Lipinski definition) is 0. The van der Waals surface area contributed by atoms with Crippen molar-refractivity contribution in [1.82, 2.24) is 0 Å². The molecule has 0 bridgehead atoms. The Labute approximate surface area is 119 Å². The van der Waals surface area contributed by atoms with Crippen molar-refractivity contribution in [2.45, 2.75) is 12.8 Å². The summed E-state index contributed by atoms with van der Waals surface area (Å²) in [6, 6.07) is 13.0. The SMILES string of the molecule is [CH2]CCc1cc(-c2ccc(OCC=C)cc2)ccc1F. The molecule has 2 aromatic rings. The van der Waals surface area contributed by atoms with Gasteiger partial charge in [-0.25, -0.2) is 4.39 Å². The third-order valence-corrected chi connectivity index (χ3v) is 3.05. The molecule has 0 aliphatic carbocycles. The smallest absolute Gasteiger partial charge is 0.126 e. The second-order valence-electron chi connectivity index (χ2n) is 4.53. The topological polar surface area (TPSA) is 9.23 Å². The molecule has 0 aliphatic rings. The van der Waals surface area contributed by atoms with Gasteiger partial charge in [0.15, 0.2) is 0 Å². The maximum atomic E-state index is 13.6. The van der Waals surface area contributed by atoms with E-state index < -0.39 is 0 Å². The third kappa shape index (κ3) is 3.47. The lowest BCUT2D eigenvalue weighted by molar-refractivity contribution is 0.363. The minimum absolute atomic E-state index is 0.164. The van der Waals surface area contributed by atoms with Gasteiger partial charge in [-0.05, 0) is 53.8 Å². The van der Waals surface area contributed by atoms with E-state index in [9.17, 15) is 4.39 Å². The first-order chi connectivity index (χ1) is 9.74. The van der Waals surface area contributed by atoms with Crippen LogP contribution in [0.4, 0.5) is 4.39 Å². The van der Waals surface area contributed by atoms with Gasteiger partial charge in [0.25, 0.3) is 0 Å². The highest BCUT2D eigenvalue weighted by atomic mass is 19.1. The fourth-order valence-corrected chi connectivity index (χ4v) is 2.04. The summed E-state index contributed by atoms with van der Waals surface area (Å²) in [5.41, 5.74) is 2.76. The van der Waals surface area contributed by atoms with Gasteiger partial charge < -0.3 is 4.74 Å². The molecule has 0 fully saturated rings. The average molecular weight is 269 g/mol. The summed E-state index contributed by atoms with van der Waals surface area (Å²) in [6.07, 6.45) is 3.05. The van der Waals surface area contributed by atoms with Crippen LogP contribution in [0.25, 0.3) is 11.1 Å². The Morgan fingerprint density at radius 1 is 1.05 bits per heavy atom. The molecule has 2 heteroatoms. The Morgan fingerprint density at radius 3 is 2.40 bits per heavy atom. The van der Waals surface area contributed by atoms with Crippen molar-refractivity contribution in [1.29, 1.82) is 0 Å². The summed E-state index contributed by atoms with van der Waals surface area (Å²) >= 11 is 0. The first kappa shape index (κ1) is 14.3. The molecule has 0 amide bonds. The zero-order valence-corrected chi connectivity index (χ0v) is 11.4. The fourth-order valence-electron chi connectivity index (χ4n) is 2.04. The second-order valence-corrected chi connectivity index (χ2v) is 4.53. The van der Waals surface area contributed by atoms with E-state index in [1.807, 2.05) is 30.3 Å². The molecular formula is C18H18FO. The lowest BCUT2D eigenvalue weighted by atomic mass is 10.0. The van der Waals surface area contributed by atoms with Crippen molar-refractivity contribution in [3.8, 4) is 16.9 Å². The number of halogens is 1. The molecule has 103 valence electrons. The highest BCUT2D eigenvalue weighted by Crippen LogP contribution is 2.25. The largest absolute Gasteiger partial charge is 0.490 e. The van der Waals surface area contributed by atoms with Crippen LogP contribution in [0.2, 0.25) is 0 Å². The van der Waals surface area contributed by atoms with Gasteiger partial charge in [-0.15, -0.1) is 0 Å².